The zero-order chi connectivity index (χ0) is 22.2. The van der Waals surface area contributed by atoms with Gasteiger partial charge >= 0.3 is 0 Å². The van der Waals surface area contributed by atoms with Gasteiger partial charge < -0.3 is 19.9 Å². The molecule has 2 unspecified atom stereocenters. The van der Waals surface area contributed by atoms with Crippen LogP contribution in [0.2, 0.25) is 0 Å². The van der Waals surface area contributed by atoms with E-state index < -0.39 is 0 Å². The maximum absolute atomic E-state index is 12.8. The summed E-state index contributed by atoms with van der Waals surface area (Å²) in [6.45, 7) is 19.6. The Hall–Kier alpha value is -1.38. The number of nitrogens with zero attached hydrogens (tertiary/aromatic N) is 5. The molecule has 1 N–H and O–H groups in total. The number of ether oxygens (including phenoxy) is 1. The van der Waals surface area contributed by atoms with E-state index in [1.807, 2.05) is 4.90 Å². The fourth-order valence-corrected chi connectivity index (χ4v) is 4.87. The summed E-state index contributed by atoms with van der Waals surface area (Å²) >= 11 is 0. The Morgan fingerprint density at radius 2 is 1.74 bits per heavy atom. The first-order valence-corrected chi connectivity index (χ1v) is 12.4. The molecule has 3 aliphatic rings. The molecule has 0 aromatic heterocycles. The Morgan fingerprint density at radius 3 is 2.39 bits per heavy atom. The lowest BCUT2D eigenvalue weighted by atomic mass is 10.2. The average molecular weight is 437 g/mol. The van der Waals surface area contributed by atoms with Gasteiger partial charge in [0, 0.05) is 65.4 Å². The summed E-state index contributed by atoms with van der Waals surface area (Å²) in [7, 11) is 0. The van der Waals surface area contributed by atoms with Gasteiger partial charge in [0.1, 0.15) is 0 Å². The second-order valence-electron chi connectivity index (χ2n) is 9.57. The molecule has 0 saturated carbocycles. The Balaban J connectivity index is 1.49. The van der Waals surface area contributed by atoms with E-state index in [-0.39, 0.29) is 12.1 Å². The molecule has 2 atom stereocenters. The first kappa shape index (κ1) is 24.3. The molecule has 3 rings (SSSR count). The molecular formula is C23H44N6O2. The average Bonchev–Trinajstić information content (AvgIpc) is 3.30. The molecule has 8 heteroatoms. The van der Waals surface area contributed by atoms with Gasteiger partial charge in [-0.2, -0.15) is 0 Å². The van der Waals surface area contributed by atoms with Crippen LogP contribution in [-0.4, -0.2) is 122 Å². The van der Waals surface area contributed by atoms with Crippen molar-refractivity contribution >= 4 is 11.9 Å². The van der Waals surface area contributed by atoms with Crippen molar-refractivity contribution in [1.29, 1.82) is 0 Å². The maximum atomic E-state index is 12.8. The van der Waals surface area contributed by atoms with Crippen LogP contribution in [0.15, 0.2) is 4.99 Å². The second kappa shape index (κ2) is 12.0. The van der Waals surface area contributed by atoms with Crippen molar-refractivity contribution in [2.45, 2.75) is 52.7 Å². The molecule has 0 aromatic carbocycles. The van der Waals surface area contributed by atoms with E-state index >= 15 is 0 Å². The van der Waals surface area contributed by atoms with Gasteiger partial charge in [-0.25, -0.2) is 0 Å². The number of piperazine rings is 1. The van der Waals surface area contributed by atoms with Crippen LogP contribution < -0.4 is 5.32 Å². The van der Waals surface area contributed by atoms with Crippen LogP contribution in [0.4, 0.5) is 0 Å². The summed E-state index contributed by atoms with van der Waals surface area (Å²) in [5.74, 6) is 1.95. The number of hydrogen-bond donors (Lipinski definition) is 1. The van der Waals surface area contributed by atoms with Gasteiger partial charge in [-0.3, -0.25) is 19.6 Å². The fourth-order valence-electron chi connectivity index (χ4n) is 4.87. The predicted octanol–water partition coefficient (Wildman–Crippen LogP) is 0.937. The summed E-state index contributed by atoms with van der Waals surface area (Å²) in [4.78, 5) is 26.9. The highest BCUT2D eigenvalue weighted by Crippen LogP contribution is 2.14. The van der Waals surface area contributed by atoms with E-state index in [0.29, 0.717) is 18.4 Å². The standard InChI is InChI=1S/C23H44N6O2/c1-5-24-23(25-16-21-18-26(14-15-31-21)17-19(2)3)29-12-10-27(11-13-29)20(4)22(30)28-8-6-7-9-28/h19-21H,5-18H2,1-4H3,(H,24,25). The fraction of sp³-hybridized carbons (Fsp3) is 0.913. The lowest BCUT2D eigenvalue weighted by molar-refractivity contribution is -0.135. The van der Waals surface area contributed by atoms with Gasteiger partial charge in [0.15, 0.2) is 5.96 Å². The summed E-state index contributed by atoms with van der Waals surface area (Å²) < 4.78 is 5.98. The number of aliphatic imine (C=N–C) groups is 1. The van der Waals surface area contributed by atoms with Gasteiger partial charge in [-0.05, 0) is 32.6 Å². The molecule has 178 valence electrons. The number of likely N-dealkylation sites (tertiary alicyclic amines) is 1. The van der Waals surface area contributed by atoms with E-state index in [4.69, 9.17) is 9.73 Å². The van der Waals surface area contributed by atoms with Gasteiger partial charge in [-0.15, -0.1) is 0 Å². The number of morpholine rings is 1. The Kier molecular flexibility index (Phi) is 9.41. The predicted molar refractivity (Wildman–Crippen MR) is 125 cm³/mol. The monoisotopic (exact) mass is 436 g/mol. The summed E-state index contributed by atoms with van der Waals surface area (Å²) in [5.41, 5.74) is 0. The molecule has 8 nitrogen and oxygen atoms in total. The zero-order valence-corrected chi connectivity index (χ0v) is 20.2. The van der Waals surface area contributed by atoms with E-state index in [2.05, 4.69) is 47.7 Å². The number of guanidine groups is 1. The molecule has 31 heavy (non-hydrogen) atoms. The number of rotatable bonds is 7. The summed E-state index contributed by atoms with van der Waals surface area (Å²) in [5, 5.41) is 3.46. The highest BCUT2D eigenvalue weighted by atomic mass is 16.5. The van der Waals surface area contributed by atoms with Crippen molar-refractivity contribution in [2.24, 2.45) is 10.9 Å². The van der Waals surface area contributed by atoms with Crippen molar-refractivity contribution < 1.29 is 9.53 Å². The van der Waals surface area contributed by atoms with Crippen LogP contribution in [0.3, 0.4) is 0 Å². The highest BCUT2D eigenvalue weighted by molar-refractivity contribution is 5.82. The van der Waals surface area contributed by atoms with Crippen LogP contribution in [0.1, 0.15) is 40.5 Å². The van der Waals surface area contributed by atoms with E-state index in [1.54, 1.807) is 0 Å². The third-order valence-corrected chi connectivity index (χ3v) is 6.56. The van der Waals surface area contributed by atoms with Crippen LogP contribution in [-0.2, 0) is 9.53 Å². The molecule has 0 aliphatic carbocycles. The molecule has 0 spiro atoms. The SMILES string of the molecule is CCNC(=NCC1CN(CC(C)C)CCO1)N1CCN(C(C)C(=O)N2CCCC2)CC1. The first-order valence-electron chi connectivity index (χ1n) is 12.4. The Labute approximate surface area is 189 Å². The summed E-state index contributed by atoms with van der Waals surface area (Å²) in [6, 6.07) is -0.0256. The molecule has 3 aliphatic heterocycles. The van der Waals surface area contributed by atoms with Crippen LogP contribution in [0.25, 0.3) is 0 Å². The minimum absolute atomic E-state index is 0.0256. The van der Waals surface area contributed by atoms with Crippen LogP contribution >= 0.6 is 0 Å². The first-order chi connectivity index (χ1) is 15.0. The third-order valence-electron chi connectivity index (χ3n) is 6.56. The zero-order valence-electron chi connectivity index (χ0n) is 20.2. The molecule has 1 amide bonds. The van der Waals surface area contributed by atoms with Gasteiger partial charge in [0.2, 0.25) is 5.91 Å². The lowest BCUT2D eigenvalue weighted by Gasteiger charge is -2.40. The number of hydrogen-bond acceptors (Lipinski definition) is 5. The lowest BCUT2D eigenvalue weighted by Crippen LogP contribution is -2.57. The highest BCUT2D eigenvalue weighted by Gasteiger charge is 2.30. The Bertz CT molecular complexity index is 585. The van der Waals surface area contributed by atoms with Crippen molar-refractivity contribution in [2.75, 3.05) is 78.6 Å². The van der Waals surface area contributed by atoms with Crippen LogP contribution in [0, 0.1) is 5.92 Å². The van der Waals surface area contributed by atoms with Crippen molar-refractivity contribution in [3.8, 4) is 0 Å². The molecule has 0 bridgehead atoms. The van der Waals surface area contributed by atoms with E-state index in [0.717, 1.165) is 90.9 Å². The minimum Gasteiger partial charge on any atom is -0.374 e. The van der Waals surface area contributed by atoms with Gasteiger partial charge in [0.05, 0.1) is 25.3 Å². The van der Waals surface area contributed by atoms with E-state index in [9.17, 15) is 4.79 Å². The number of carbonyl (C=O) groups excluding carboxylic acids is 1. The van der Waals surface area contributed by atoms with Crippen molar-refractivity contribution in [3.63, 3.8) is 0 Å². The van der Waals surface area contributed by atoms with Crippen LogP contribution in [0.5, 0.6) is 0 Å². The largest absolute Gasteiger partial charge is 0.374 e. The Morgan fingerprint density at radius 1 is 1.03 bits per heavy atom. The minimum atomic E-state index is -0.0256. The quantitative estimate of drug-likeness (QED) is 0.473. The smallest absolute Gasteiger partial charge is 0.239 e. The third kappa shape index (κ3) is 7.05. The normalized spacial score (nSPS) is 25.3. The molecule has 0 radical (unpaired) electrons. The van der Waals surface area contributed by atoms with Crippen molar-refractivity contribution in [3.05, 3.63) is 0 Å². The molecular weight excluding hydrogens is 392 g/mol. The number of carbonyl (C=O) groups is 1. The topological polar surface area (TPSA) is 63.7 Å². The molecule has 3 fully saturated rings. The number of amides is 1. The number of nitrogens with one attached hydrogen (secondary N) is 1. The molecule has 3 saturated heterocycles. The summed E-state index contributed by atoms with van der Waals surface area (Å²) in [6.07, 6.45) is 2.46. The van der Waals surface area contributed by atoms with Crippen molar-refractivity contribution in [1.82, 2.24) is 24.9 Å². The molecule has 3 heterocycles. The molecule has 0 aromatic rings. The van der Waals surface area contributed by atoms with E-state index in [1.165, 1.54) is 0 Å². The second-order valence-corrected chi connectivity index (χ2v) is 9.57. The van der Waals surface area contributed by atoms with Gasteiger partial charge in [0.25, 0.3) is 0 Å². The maximum Gasteiger partial charge on any atom is 0.239 e. The van der Waals surface area contributed by atoms with Gasteiger partial charge in [-0.1, -0.05) is 13.8 Å².